The number of benzene rings is 1. The van der Waals surface area contributed by atoms with E-state index < -0.39 is 0 Å². The van der Waals surface area contributed by atoms with E-state index in [4.69, 9.17) is 15.9 Å². The summed E-state index contributed by atoms with van der Waals surface area (Å²) < 4.78 is 10.7. The third-order valence-electron chi connectivity index (χ3n) is 3.68. The van der Waals surface area contributed by atoms with Crippen LogP contribution in [0, 0.1) is 18.3 Å². The molecule has 0 N–H and O–H groups in total. The minimum atomic E-state index is 0.0223. The molecule has 1 aromatic carbocycles. The molecule has 0 bridgehead atoms. The number of piperidine rings is 1. The van der Waals surface area contributed by atoms with Crippen LogP contribution >= 0.6 is 0 Å². The van der Waals surface area contributed by atoms with Gasteiger partial charge in [-0.2, -0.15) is 0 Å². The quantitative estimate of drug-likeness (QED) is 0.615. The fraction of sp³-hybridized carbons (Fsp3) is 0.471. The zero-order valence-corrected chi connectivity index (χ0v) is 12.4. The summed E-state index contributed by atoms with van der Waals surface area (Å²) in [4.78, 5) is 14.5. The van der Waals surface area contributed by atoms with Gasteiger partial charge in [0.15, 0.2) is 0 Å². The number of methoxy groups -OCH3 is 1. The van der Waals surface area contributed by atoms with E-state index in [9.17, 15) is 4.79 Å². The van der Waals surface area contributed by atoms with Crippen LogP contribution < -0.4 is 4.74 Å². The highest BCUT2D eigenvalue weighted by molar-refractivity contribution is 5.97. The summed E-state index contributed by atoms with van der Waals surface area (Å²) in [5.41, 5.74) is 0.616. The molecule has 4 nitrogen and oxygen atoms in total. The molecule has 0 radical (unpaired) electrons. The molecule has 0 saturated carbocycles. The molecule has 0 aromatic heterocycles. The Labute approximate surface area is 126 Å². The Morgan fingerprint density at radius 1 is 1.48 bits per heavy atom. The van der Waals surface area contributed by atoms with E-state index in [-0.39, 0.29) is 5.91 Å². The smallest absolute Gasteiger partial charge is 0.257 e. The molecule has 112 valence electrons. The summed E-state index contributed by atoms with van der Waals surface area (Å²) in [5, 5.41) is 0. The fourth-order valence-corrected chi connectivity index (χ4v) is 2.66. The first kappa shape index (κ1) is 15.4. The highest BCUT2D eigenvalue weighted by Crippen LogP contribution is 2.23. The number of nitrogens with zero attached hydrogens (tertiary/aromatic N) is 1. The van der Waals surface area contributed by atoms with Crippen LogP contribution in [0.15, 0.2) is 24.3 Å². The van der Waals surface area contributed by atoms with Crippen molar-refractivity contribution in [2.24, 2.45) is 5.92 Å². The molecule has 1 amide bonds. The molecule has 1 aromatic rings. The van der Waals surface area contributed by atoms with Crippen molar-refractivity contribution in [2.45, 2.75) is 12.8 Å². The molecular formula is C17H21NO3. The minimum Gasteiger partial charge on any atom is -0.496 e. The van der Waals surface area contributed by atoms with Crippen LogP contribution in [0.2, 0.25) is 0 Å². The summed E-state index contributed by atoms with van der Waals surface area (Å²) in [6.45, 7) is 2.43. The molecular weight excluding hydrogens is 266 g/mol. The maximum Gasteiger partial charge on any atom is 0.257 e. The van der Waals surface area contributed by atoms with Crippen molar-refractivity contribution in [3.05, 3.63) is 29.8 Å². The van der Waals surface area contributed by atoms with Crippen LogP contribution in [0.25, 0.3) is 0 Å². The molecule has 1 aliphatic rings. The molecule has 1 fully saturated rings. The van der Waals surface area contributed by atoms with Gasteiger partial charge in [-0.3, -0.25) is 4.79 Å². The monoisotopic (exact) mass is 287 g/mol. The third-order valence-corrected chi connectivity index (χ3v) is 3.68. The number of para-hydroxylation sites is 1. The second-order valence-corrected chi connectivity index (χ2v) is 5.18. The molecule has 1 heterocycles. The van der Waals surface area contributed by atoms with Crippen molar-refractivity contribution in [3.63, 3.8) is 0 Å². The molecule has 0 aliphatic carbocycles. The molecule has 21 heavy (non-hydrogen) atoms. The van der Waals surface area contributed by atoms with Crippen LogP contribution in [-0.2, 0) is 4.74 Å². The van der Waals surface area contributed by atoms with Gasteiger partial charge in [-0.25, -0.2) is 0 Å². The molecule has 1 aliphatic heterocycles. The third kappa shape index (κ3) is 3.99. The number of carbonyl (C=O) groups excluding carboxylic acids is 1. The van der Waals surface area contributed by atoms with E-state index in [0.29, 0.717) is 37.0 Å². The zero-order chi connectivity index (χ0) is 15.1. The SMILES string of the molecule is C#CCOCC1CCCN(C(=O)c2ccccc2OC)C1. The lowest BCUT2D eigenvalue weighted by Crippen LogP contribution is -2.41. The standard InChI is InChI=1S/C17H21NO3/c1-3-11-21-13-14-7-6-10-18(12-14)17(19)15-8-4-5-9-16(15)20-2/h1,4-5,8-9,14H,6-7,10-13H2,2H3. The zero-order valence-electron chi connectivity index (χ0n) is 12.4. The van der Waals surface area contributed by atoms with E-state index in [0.717, 1.165) is 19.4 Å². The van der Waals surface area contributed by atoms with Gasteiger partial charge in [0.25, 0.3) is 5.91 Å². The highest BCUT2D eigenvalue weighted by atomic mass is 16.5. The molecule has 1 saturated heterocycles. The van der Waals surface area contributed by atoms with Gasteiger partial charge >= 0.3 is 0 Å². The Morgan fingerprint density at radius 3 is 3.05 bits per heavy atom. The van der Waals surface area contributed by atoms with Gasteiger partial charge in [0.05, 0.1) is 19.3 Å². The summed E-state index contributed by atoms with van der Waals surface area (Å²) in [6.07, 6.45) is 7.23. The predicted molar refractivity (Wildman–Crippen MR) is 81.3 cm³/mol. The number of terminal acetylenes is 1. The number of likely N-dealkylation sites (tertiary alicyclic amines) is 1. The van der Waals surface area contributed by atoms with Gasteiger partial charge in [-0.15, -0.1) is 6.42 Å². The Balaban J connectivity index is 2.00. The molecule has 2 rings (SSSR count). The number of rotatable bonds is 5. The lowest BCUT2D eigenvalue weighted by atomic mass is 9.98. The highest BCUT2D eigenvalue weighted by Gasteiger charge is 2.26. The molecule has 1 unspecified atom stereocenters. The predicted octanol–water partition coefficient (Wildman–Crippen LogP) is 2.20. The molecule has 4 heteroatoms. The first-order chi connectivity index (χ1) is 10.3. The normalized spacial score (nSPS) is 18.1. The average molecular weight is 287 g/mol. The Kier molecular flexibility index (Phi) is 5.65. The van der Waals surface area contributed by atoms with Gasteiger partial charge in [0, 0.05) is 19.0 Å². The minimum absolute atomic E-state index is 0.0223. The van der Waals surface area contributed by atoms with Crippen molar-refractivity contribution < 1.29 is 14.3 Å². The van der Waals surface area contributed by atoms with Gasteiger partial charge < -0.3 is 14.4 Å². The second-order valence-electron chi connectivity index (χ2n) is 5.18. The second kappa shape index (κ2) is 7.70. The summed E-state index contributed by atoms with van der Waals surface area (Å²) in [7, 11) is 1.58. The van der Waals surface area contributed by atoms with Crippen molar-refractivity contribution >= 4 is 5.91 Å². The number of hydrogen-bond acceptors (Lipinski definition) is 3. The van der Waals surface area contributed by atoms with Crippen LogP contribution in [0.1, 0.15) is 23.2 Å². The van der Waals surface area contributed by atoms with Crippen LogP contribution in [0.5, 0.6) is 5.75 Å². The van der Waals surface area contributed by atoms with Crippen molar-refractivity contribution in [2.75, 3.05) is 33.4 Å². The maximum atomic E-state index is 12.6. The molecule has 0 spiro atoms. The molecule has 1 atom stereocenters. The lowest BCUT2D eigenvalue weighted by Gasteiger charge is -2.32. The van der Waals surface area contributed by atoms with Crippen LogP contribution in [0.3, 0.4) is 0 Å². The first-order valence-electron chi connectivity index (χ1n) is 7.19. The van der Waals surface area contributed by atoms with Crippen molar-refractivity contribution in [3.8, 4) is 18.1 Å². The van der Waals surface area contributed by atoms with Crippen LogP contribution in [0.4, 0.5) is 0 Å². The maximum absolute atomic E-state index is 12.6. The first-order valence-corrected chi connectivity index (χ1v) is 7.19. The van der Waals surface area contributed by atoms with E-state index in [1.165, 1.54) is 0 Å². The van der Waals surface area contributed by atoms with Gasteiger partial charge in [-0.1, -0.05) is 18.1 Å². The Bertz CT molecular complexity index is 521. The van der Waals surface area contributed by atoms with E-state index in [1.54, 1.807) is 13.2 Å². The number of hydrogen-bond donors (Lipinski definition) is 0. The number of ether oxygens (including phenoxy) is 2. The topological polar surface area (TPSA) is 38.8 Å². The number of amides is 1. The van der Waals surface area contributed by atoms with Crippen molar-refractivity contribution in [1.29, 1.82) is 0 Å². The van der Waals surface area contributed by atoms with E-state index >= 15 is 0 Å². The van der Waals surface area contributed by atoms with Gasteiger partial charge in [-0.05, 0) is 25.0 Å². The summed E-state index contributed by atoms with van der Waals surface area (Å²) >= 11 is 0. The van der Waals surface area contributed by atoms with Gasteiger partial charge in [0.1, 0.15) is 12.4 Å². The number of carbonyl (C=O) groups is 1. The van der Waals surface area contributed by atoms with Gasteiger partial charge in [0.2, 0.25) is 0 Å². The van der Waals surface area contributed by atoms with Crippen molar-refractivity contribution in [1.82, 2.24) is 4.90 Å². The Hall–Kier alpha value is -1.99. The largest absolute Gasteiger partial charge is 0.496 e. The van der Waals surface area contributed by atoms with E-state index in [1.807, 2.05) is 23.1 Å². The summed E-state index contributed by atoms with van der Waals surface area (Å²) in [5.74, 6) is 3.46. The summed E-state index contributed by atoms with van der Waals surface area (Å²) in [6, 6.07) is 7.33. The van der Waals surface area contributed by atoms with Crippen LogP contribution in [-0.4, -0.2) is 44.2 Å². The Morgan fingerprint density at radius 2 is 2.29 bits per heavy atom. The lowest BCUT2D eigenvalue weighted by molar-refractivity contribution is 0.0531. The fourth-order valence-electron chi connectivity index (χ4n) is 2.66. The average Bonchev–Trinajstić information content (AvgIpc) is 2.54. The van der Waals surface area contributed by atoms with E-state index in [2.05, 4.69) is 5.92 Å².